The summed E-state index contributed by atoms with van der Waals surface area (Å²) in [5, 5.41) is 14.6. The highest BCUT2D eigenvalue weighted by molar-refractivity contribution is 8.01. The molecular formula is C33H48N2O5S. The van der Waals surface area contributed by atoms with Crippen LogP contribution in [0, 0.1) is 34.0 Å². The third-order valence-electron chi connectivity index (χ3n) is 11.0. The molecule has 1 amide bonds. The van der Waals surface area contributed by atoms with E-state index in [0.717, 1.165) is 19.3 Å². The monoisotopic (exact) mass is 584 g/mol. The average molecular weight is 585 g/mol. The number of esters is 1. The van der Waals surface area contributed by atoms with E-state index in [2.05, 4.69) is 32.7 Å². The van der Waals surface area contributed by atoms with Crippen molar-refractivity contribution in [2.45, 2.75) is 90.6 Å². The third-order valence-corrected chi connectivity index (χ3v) is 12.3. The van der Waals surface area contributed by atoms with Crippen LogP contribution in [-0.4, -0.2) is 52.0 Å². The van der Waals surface area contributed by atoms with Crippen LogP contribution in [0.5, 0.6) is 0 Å². The maximum atomic E-state index is 13.6. The van der Waals surface area contributed by atoms with Gasteiger partial charge in [0.1, 0.15) is 11.9 Å². The van der Waals surface area contributed by atoms with Crippen molar-refractivity contribution in [2.24, 2.45) is 34.0 Å². The van der Waals surface area contributed by atoms with E-state index >= 15 is 0 Å². The van der Waals surface area contributed by atoms with Crippen molar-refractivity contribution in [3.63, 3.8) is 0 Å². The van der Waals surface area contributed by atoms with Crippen molar-refractivity contribution in [1.29, 1.82) is 0 Å². The summed E-state index contributed by atoms with van der Waals surface area (Å²) in [7, 11) is 0. The molecule has 0 saturated heterocycles. The van der Waals surface area contributed by atoms with Crippen LogP contribution < -0.4 is 11.1 Å². The number of nitrogen functional groups attached to an aromatic ring is 1. The van der Waals surface area contributed by atoms with E-state index in [4.69, 9.17) is 10.5 Å². The number of rotatable bonds is 8. The molecule has 3 aliphatic rings. The topological polar surface area (TPSA) is 119 Å². The maximum absolute atomic E-state index is 13.6. The van der Waals surface area contributed by atoms with Crippen LogP contribution in [0.25, 0.3) is 0 Å². The Morgan fingerprint density at radius 3 is 2.59 bits per heavy atom. The van der Waals surface area contributed by atoms with Crippen molar-refractivity contribution in [2.75, 3.05) is 18.0 Å². The van der Waals surface area contributed by atoms with E-state index in [9.17, 15) is 19.5 Å². The van der Waals surface area contributed by atoms with Crippen LogP contribution in [0.3, 0.4) is 0 Å². The highest BCUT2D eigenvalue weighted by Crippen LogP contribution is 2.68. The smallest absolute Gasteiger partial charge is 0.316 e. The Hall–Kier alpha value is -2.32. The normalized spacial score (nSPS) is 37.0. The number of anilines is 1. The van der Waals surface area contributed by atoms with Gasteiger partial charge in [0.2, 0.25) is 0 Å². The van der Waals surface area contributed by atoms with Crippen LogP contribution in [0.2, 0.25) is 0 Å². The highest BCUT2D eigenvalue weighted by atomic mass is 32.2. The SMILES string of the molecule is C=C[C@]1(C)C[C@@H](OC(=O)CSC(C)(C)CNC(=O)c2ccccc2N)[C@]2(C)[C@H](C)CC[C@]3(CCC(=O)[C@@H]32)[C@@H](C)[C@@H]1O. The molecule has 226 valence electrons. The zero-order valence-electron chi connectivity index (χ0n) is 25.5. The summed E-state index contributed by atoms with van der Waals surface area (Å²) in [6.07, 6.45) is 4.12. The van der Waals surface area contributed by atoms with Crippen LogP contribution in [0.15, 0.2) is 36.9 Å². The highest BCUT2D eigenvalue weighted by Gasteiger charge is 2.68. The lowest BCUT2D eigenvalue weighted by molar-refractivity contribution is -0.205. The number of hydrogen-bond donors (Lipinski definition) is 3. The molecule has 4 rings (SSSR count). The zero-order valence-corrected chi connectivity index (χ0v) is 26.3. The number of thioether (sulfide) groups is 1. The lowest BCUT2D eigenvalue weighted by atomic mass is 9.44. The molecule has 8 atom stereocenters. The molecule has 1 aromatic rings. The number of carbonyl (C=O) groups excluding carboxylic acids is 3. The second-order valence-corrected chi connectivity index (χ2v) is 15.6. The van der Waals surface area contributed by atoms with Crippen LogP contribution >= 0.6 is 11.8 Å². The fourth-order valence-corrected chi connectivity index (χ4v) is 8.84. The molecule has 4 N–H and O–H groups in total. The van der Waals surface area contributed by atoms with Gasteiger partial charge >= 0.3 is 5.97 Å². The van der Waals surface area contributed by atoms with Gasteiger partial charge in [-0.3, -0.25) is 14.4 Å². The molecule has 0 radical (unpaired) electrons. The van der Waals surface area contributed by atoms with Crippen LogP contribution in [0.4, 0.5) is 5.69 Å². The number of hydrogen-bond acceptors (Lipinski definition) is 7. The van der Waals surface area contributed by atoms with Crippen molar-refractivity contribution in [3.05, 3.63) is 42.5 Å². The molecule has 8 heteroatoms. The van der Waals surface area contributed by atoms with E-state index in [1.807, 2.05) is 26.8 Å². The average Bonchev–Trinajstić information content (AvgIpc) is 3.29. The lowest BCUT2D eigenvalue weighted by Crippen LogP contribution is -2.63. The first kappa shape index (κ1) is 31.6. The predicted octanol–water partition coefficient (Wildman–Crippen LogP) is 5.42. The summed E-state index contributed by atoms with van der Waals surface area (Å²) >= 11 is 1.42. The van der Waals surface area contributed by atoms with Gasteiger partial charge in [-0.2, -0.15) is 0 Å². The number of nitrogens with one attached hydrogen (secondary N) is 1. The quantitative estimate of drug-likeness (QED) is 0.212. The van der Waals surface area contributed by atoms with Gasteiger partial charge in [0.25, 0.3) is 5.91 Å². The number of carbonyl (C=O) groups is 3. The number of aliphatic hydroxyl groups is 1. The van der Waals surface area contributed by atoms with Gasteiger partial charge in [0.15, 0.2) is 0 Å². The molecule has 7 nitrogen and oxygen atoms in total. The second kappa shape index (κ2) is 11.4. The van der Waals surface area contributed by atoms with E-state index in [-0.39, 0.29) is 46.6 Å². The molecular weight excluding hydrogens is 536 g/mol. The molecule has 0 unspecified atom stereocenters. The number of ether oxygens (including phenoxy) is 1. The fourth-order valence-electron chi connectivity index (χ4n) is 8.09. The first-order valence-corrected chi connectivity index (χ1v) is 15.9. The van der Waals surface area contributed by atoms with Gasteiger partial charge in [-0.25, -0.2) is 0 Å². The predicted molar refractivity (Wildman–Crippen MR) is 164 cm³/mol. The van der Waals surface area contributed by atoms with E-state index in [1.165, 1.54) is 11.8 Å². The minimum absolute atomic E-state index is 0.0665. The van der Waals surface area contributed by atoms with Gasteiger partial charge in [0.05, 0.1) is 17.4 Å². The number of benzene rings is 1. The summed E-state index contributed by atoms with van der Waals surface area (Å²) in [5.74, 6) is -0.396. The van der Waals surface area contributed by atoms with Crippen molar-refractivity contribution in [1.82, 2.24) is 5.32 Å². The molecule has 2 bridgehead atoms. The first-order valence-electron chi connectivity index (χ1n) is 14.9. The molecule has 41 heavy (non-hydrogen) atoms. The fraction of sp³-hybridized carbons (Fsp3) is 0.667. The maximum Gasteiger partial charge on any atom is 0.316 e. The minimum atomic E-state index is -0.692. The van der Waals surface area contributed by atoms with Gasteiger partial charge in [0, 0.05) is 40.1 Å². The standard InChI is InChI=1S/C33H48N2O5S/c1-8-31(6)17-25(32(7)20(2)13-15-33(21(3)28(31)38)16-14-24(36)27(32)33)40-26(37)18-41-30(4,5)19-35-29(39)22-11-9-10-12-23(22)34/h8-12,20-21,25,27-28,38H,1,13-19,34H2,2-7H3,(H,35,39)/t20-,21+,25-,27-,28+,31-,32+,33+/m1/s1. The van der Waals surface area contributed by atoms with Crippen molar-refractivity contribution in [3.8, 4) is 0 Å². The van der Waals surface area contributed by atoms with Gasteiger partial charge in [-0.05, 0) is 68.9 Å². The van der Waals surface area contributed by atoms with E-state index in [1.54, 1.807) is 24.3 Å². The van der Waals surface area contributed by atoms with Crippen LogP contribution in [-0.2, 0) is 14.3 Å². The Balaban J connectivity index is 1.51. The molecule has 0 spiro atoms. The molecule has 3 aliphatic carbocycles. The number of aliphatic hydroxyl groups excluding tert-OH is 1. The van der Waals surface area contributed by atoms with E-state index < -0.39 is 27.8 Å². The number of amides is 1. The van der Waals surface area contributed by atoms with Gasteiger partial charge in [-0.15, -0.1) is 18.3 Å². The lowest BCUT2D eigenvalue weighted by Gasteiger charge is -2.61. The van der Waals surface area contributed by atoms with Gasteiger partial charge in [-0.1, -0.05) is 45.9 Å². The van der Waals surface area contributed by atoms with Crippen LogP contribution in [0.1, 0.15) is 84.0 Å². The summed E-state index contributed by atoms with van der Waals surface area (Å²) < 4.78 is 5.91. The Bertz CT molecular complexity index is 1200. The minimum Gasteiger partial charge on any atom is -0.461 e. The summed E-state index contributed by atoms with van der Waals surface area (Å²) in [6, 6.07) is 6.92. The third kappa shape index (κ3) is 5.58. The number of ketones is 1. The van der Waals surface area contributed by atoms with E-state index in [0.29, 0.717) is 30.6 Å². The molecule has 0 aromatic heterocycles. The summed E-state index contributed by atoms with van der Waals surface area (Å²) in [4.78, 5) is 39.7. The second-order valence-electron chi connectivity index (χ2n) is 13.9. The summed E-state index contributed by atoms with van der Waals surface area (Å²) in [5.41, 5.74) is 5.28. The Morgan fingerprint density at radius 2 is 1.93 bits per heavy atom. The molecule has 3 saturated carbocycles. The Labute approximate surface area is 249 Å². The van der Waals surface area contributed by atoms with Gasteiger partial charge < -0.3 is 20.9 Å². The molecule has 3 fully saturated rings. The molecule has 1 aromatic carbocycles. The zero-order chi connectivity index (χ0) is 30.4. The number of nitrogens with two attached hydrogens (primary N) is 1. The number of Topliss-reactive ketones (excluding diaryl/α,β-unsaturated/α-hetero) is 1. The number of para-hydroxylation sites is 1. The summed E-state index contributed by atoms with van der Waals surface area (Å²) in [6.45, 7) is 16.8. The molecule has 0 aliphatic heterocycles. The Kier molecular flexibility index (Phi) is 8.79. The molecule has 0 heterocycles. The largest absolute Gasteiger partial charge is 0.461 e. The van der Waals surface area contributed by atoms with Crippen molar-refractivity contribution < 1.29 is 24.2 Å². The first-order chi connectivity index (χ1) is 19.1. The Morgan fingerprint density at radius 1 is 1.24 bits per heavy atom. The van der Waals surface area contributed by atoms with Crippen molar-refractivity contribution >= 4 is 35.1 Å².